The highest BCUT2D eigenvalue weighted by atomic mass is 32.1. The van der Waals surface area contributed by atoms with Crippen molar-refractivity contribution in [1.82, 2.24) is 0 Å². The van der Waals surface area contributed by atoms with Crippen LogP contribution in [0.25, 0.3) is 0 Å². The lowest BCUT2D eigenvalue weighted by molar-refractivity contribution is 0.0519. The van der Waals surface area contributed by atoms with Crippen LogP contribution in [-0.4, -0.2) is 17.7 Å². The van der Waals surface area contributed by atoms with Crippen LogP contribution in [0.1, 0.15) is 22.8 Å². The normalized spacial score (nSPS) is 9.40. The molecule has 0 aliphatic carbocycles. The van der Waals surface area contributed by atoms with E-state index in [1.165, 1.54) is 12.1 Å². The van der Waals surface area contributed by atoms with Crippen LogP contribution < -0.4 is 0 Å². The first-order chi connectivity index (χ1) is 7.11. The highest BCUT2D eigenvalue weighted by Crippen LogP contribution is 2.28. The van der Waals surface area contributed by atoms with Gasteiger partial charge in [-0.2, -0.15) is 5.26 Å². The van der Waals surface area contributed by atoms with E-state index in [9.17, 15) is 9.90 Å². The van der Waals surface area contributed by atoms with Gasteiger partial charge in [-0.25, -0.2) is 4.79 Å². The number of aromatic hydroxyl groups is 1. The fourth-order valence-corrected chi connectivity index (χ4v) is 1.35. The Bertz CT molecular complexity index is 437. The summed E-state index contributed by atoms with van der Waals surface area (Å²) in [5, 5.41) is 18.3. The highest BCUT2D eigenvalue weighted by Gasteiger charge is 2.18. The standard InChI is InChI=1S/C10H9NO3S/c1-2-14-10(13)8-7(15)4-3-6(5-11)9(8)12/h3-4,12,15H,2H2,1H3. The van der Waals surface area contributed by atoms with Crippen LogP contribution in [0.5, 0.6) is 5.75 Å². The Hall–Kier alpha value is -1.67. The number of benzene rings is 1. The summed E-state index contributed by atoms with van der Waals surface area (Å²) in [6.45, 7) is 1.85. The number of carbonyl (C=O) groups is 1. The average Bonchev–Trinajstić information content (AvgIpc) is 2.18. The van der Waals surface area contributed by atoms with Crippen LogP contribution in [0.15, 0.2) is 17.0 Å². The maximum atomic E-state index is 11.4. The van der Waals surface area contributed by atoms with Gasteiger partial charge in [0.25, 0.3) is 0 Å². The van der Waals surface area contributed by atoms with Gasteiger partial charge < -0.3 is 9.84 Å². The third-order valence-corrected chi connectivity index (χ3v) is 2.13. The summed E-state index contributed by atoms with van der Waals surface area (Å²) in [6.07, 6.45) is 0. The van der Waals surface area contributed by atoms with Gasteiger partial charge in [0.15, 0.2) is 0 Å². The lowest BCUT2D eigenvalue weighted by Gasteiger charge is -2.07. The van der Waals surface area contributed by atoms with Crippen LogP contribution in [-0.2, 0) is 4.74 Å². The number of phenolic OH excluding ortho intramolecular Hbond substituents is 1. The fraction of sp³-hybridized carbons (Fsp3) is 0.200. The molecule has 0 fully saturated rings. The van der Waals surface area contributed by atoms with E-state index in [-0.39, 0.29) is 28.4 Å². The molecule has 0 aliphatic heterocycles. The zero-order chi connectivity index (χ0) is 11.4. The Morgan fingerprint density at radius 1 is 1.67 bits per heavy atom. The van der Waals surface area contributed by atoms with E-state index in [2.05, 4.69) is 12.6 Å². The molecule has 5 heteroatoms. The van der Waals surface area contributed by atoms with Gasteiger partial charge in [0.05, 0.1) is 12.2 Å². The molecule has 0 unspecified atom stereocenters. The third kappa shape index (κ3) is 2.22. The molecular weight excluding hydrogens is 214 g/mol. The van der Waals surface area contributed by atoms with Gasteiger partial charge in [-0.15, -0.1) is 12.6 Å². The van der Waals surface area contributed by atoms with Crippen LogP contribution in [0, 0.1) is 11.3 Å². The minimum absolute atomic E-state index is 0.0239. The Kier molecular flexibility index (Phi) is 3.58. The third-order valence-electron chi connectivity index (χ3n) is 1.76. The summed E-state index contributed by atoms with van der Waals surface area (Å²) in [4.78, 5) is 11.7. The average molecular weight is 223 g/mol. The van der Waals surface area contributed by atoms with Crippen molar-refractivity contribution in [2.45, 2.75) is 11.8 Å². The Morgan fingerprint density at radius 2 is 2.33 bits per heavy atom. The molecule has 1 N–H and O–H groups in total. The number of esters is 1. The van der Waals surface area contributed by atoms with Crippen LogP contribution >= 0.6 is 12.6 Å². The number of hydrogen-bond donors (Lipinski definition) is 2. The molecule has 1 aromatic rings. The highest BCUT2D eigenvalue weighted by molar-refractivity contribution is 7.80. The molecule has 0 bridgehead atoms. The summed E-state index contributed by atoms with van der Waals surface area (Å²) in [5.74, 6) is -1.07. The number of phenols is 1. The van der Waals surface area contributed by atoms with Gasteiger partial charge >= 0.3 is 5.97 Å². The molecule has 0 radical (unpaired) electrons. The molecule has 0 aliphatic rings. The van der Waals surface area contributed by atoms with E-state index in [1.54, 1.807) is 13.0 Å². The summed E-state index contributed by atoms with van der Waals surface area (Å²) in [5.41, 5.74) is -0.0462. The lowest BCUT2D eigenvalue weighted by atomic mass is 10.1. The van der Waals surface area contributed by atoms with E-state index in [0.717, 1.165) is 0 Å². The summed E-state index contributed by atoms with van der Waals surface area (Å²) in [7, 11) is 0. The van der Waals surface area contributed by atoms with Gasteiger partial charge in [0.2, 0.25) is 0 Å². The van der Waals surface area contributed by atoms with Gasteiger partial charge in [-0.1, -0.05) is 0 Å². The first kappa shape index (κ1) is 11.4. The molecule has 0 amide bonds. The SMILES string of the molecule is CCOC(=O)c1c(S)ccc(C#N)c1O. The van der Waals surface area contributed by atoms with Crippen LogP contribution in [0.4, 0.5) is 0 Å². The molecule has 0 aromatic heterocycles. The van der Waals surface area contributed by atoms with Crippen molar-refractivity contribution < 1.29 is 14.6 Å². The van der Waals surface area contributed by atoms with E-state index >= 15 is 0 Å². The monoisotopic (exact) mass is 223 g/mol. The number of hydrogen-bond acceptors (Lipinski definition) is 5. The van der Waals surface area contributed by atoms with Crippen molar-refractivity contribution in [3.8, 4) is 11.8 Å². The molecule has 4 nitrogen and oxygen atoms in total. The molecule has 0 saturated carbocycles. The van der Waals surface area contributed by atoms with Crippen molar-refractivity contribution in [2.75, 3.05) is 6.61 Å². The van der Waals surface area contributed by atoms with Crippen LogP contribution in [0.3, 0.4) is 0 Å². The zero-order valence-corrected chi connectivity index (χ0v) is 8.91. The summed E-state index contributed by atoms with van der Waals surface area (Å²) < 4.78 is 4.73. The van der Waals surface area contributed by atoms with E-state index < -0.39 is 5.97 Å². The molecular formula is C10H9NO3S. The number of ether oxygens (including phenoxy) is 1. The molecule has 0 saturated heterocycles. The van der Waals surface area contributed by atoms with Gasteiger partial charge in [0.1, 0.15) is 17.4 Å². The molecule has 15 heavy (non-hydrogen) atoms. The molecule has 1 aromatic carbocycles. The maximum Gasteiger partial charge on any atom is 0.343 e. The Balaban J connectivity index is 3.28. The summed E-state index contributed by atoms with van der Waals surface area (Å²) in [6, 6.07) is 4.62. The molecule has 0 atom stereocenters. The number of rotatable bonds is 2. The summed E-state index contributed by atoms with van der Waals surface area (Å²) >= 11 is 4.02. The first-order valence-corrected chi connectivity index (χ1v) is 4.68. The second-order valence-electron chi connectivity index (χ2n) is 2.69. The minimum atomic E-state index is -0.683. The van der Waals surface area contributed by atoms with Crippen molar-refractivity contribution in [3.63, 3.8) is 0 Å². The van der Waals surface area contributed by atoms with Crippen molar-refractivity contribution in [1.29, 1.82) is 5.26 Å². The lowest BCUT2D eigenvalue weighted by Crippen LogP contribution is -2.06. The number of nitrogens with zero attached hydrogens (tertiary/aromatic N) is 1. The first-order valence-electron chi connectivity index (χ1n) is 4.24. The smallest absolute Gasteiger partial charge is 0.343 e. The van der Waals surface area contributed by atoms with Crippen molar-refractivity contribution in [2.24, 2.45) is 0 Å². The maximum absolute atomic E-state index is 11.4. The zero-order valence-electron chi connectivity index (χ0n) is 8.02. The quantitative estimate of drug-likeness (QED) is 0.591. The van der Waals surface area contributed by atoms with E-state index in [0.29, 0.717) is 0 Å². The van der Waals surface area contributed by atoms with E-state index in [4.69, 9.17) is 10.00 Å². The predicted octanol–water partition coefficient (Wildman–Crippen LogP) is 1.73. The van der Waals surface area contributed by atoms with Crippen LogP contribution in [0.2, 0.25) is 0 Å². The second-order valence-corrected chi connectivity index (χ2v) is 3.17. The van der Waals surface area contributed by atoms with Crippen molar-refractivity contribution >= 4 is 18.6 Å². The molecule has 78 valence electrons. The van der Waals surface area contributed by atoms with Crippen molar-refractivity contribution in [3.05, 3.63) is 23.3 Å². The molecule has 0 spiro atoms. The topological polar surface area (TPSA) is 70.3 Å². The molecule has 1 rings (SSSR count). The predicted molar refractivity (Wildman–Crippen MR) is 56.0 cm³/mol. The van der Waals surface area contributed by atoms with E-state index in [1.807, 2.05) is 0 Å². The van der Waals surface area contributed by atoms with Gasteiger partial charge in [-0.05, 0) is 19.1 Å². The number of nitriles is 1. The fourth-order valence-electron chi connectivity index (χ4n) is 1.08. The minimum Gasteiger partial charge on any atom is -0.506 e. The largest absolute Gasteiger partial charge is 0.506 e. The number of thiol groups is 1. The Morgan fingerprint density at radius 3 is 2.87 bits per heavy atom. The second kappa shape index (κ2) is 4.71. The van der Waals surface area contributed by atoms with Gasteiger partial charge in [0, 0.05) is 4.90 Å². The number of carbonyl (C=O) groups excluding carboxylic acids is 1. The van der Waals surface area contributed by atoms with Gasteiger partial charge in [-0.3, -0.25) is 0 Å². The molecule has 0 heterocycles. The Labute approximate surface area is 92.5 Å².